The molecule has 130 valence electrons. The predicted molar refractivity (Wildman–Crippen MR) is 95.6 cm³/mol. The van der Waals surface area contributed by atoms with Crippen LogP contribution in [0.3, 0.4) is 0 Å². The summed E-state index contributed by atoms with van der Waals surface area (Å²) in [5.41, 5.74) is 2.43. The van der Waals surface area contributed by atoms with Crippen molar-refractivity contribution < 1.29 is 0 Å². The largest absolute Gasteiger partial charge is 0.334 e. The highest BCUT2D eigenvalue weighted by Crippen LogP contribution is 2.28. The number of imidazole rings is 1. The molecule has 1 aromatic heterocycles. The van der Waals surface area contributed by atoms with Crippen molar-refractivity contribution in [3.05, 3.63) is 17.2 Å². The number of aryl methyl sites for hydroxylation is 1. The Kier molecular flexibility index (Phi) is 5.76. The minimum atomic E-state index is 0.895. The van der Waals surface area contributed by atoms with Crippen molar-refractivity contribution in [2.45, 2.75) is 71.4 Å². The molecule has 0 atom stereocenters. The van der Waals surface area contributed by atoms with Crippen molar-refractivity contribution in [3.63, 3.8) is 0 Å². The van der Waals surface area contributed by atoms with Gasteiger partial charge in [-0.05, 0) is 71.5 Å². The molecule has 1 saturated carbocycles. The molecule has 1 aliphatic heterocycles. The van der Waals surface area contributed by atoms with Gasteiger partial charge in [0, 0.05) is 18.8 Å². The van der Waals surface area contributed by atoms with E-state index in [9.17, 15) is 0 Å². The second-order valence-corrected chi connectivity index (χ2v) is 7.64. The van der Waals surface area contributed by atoms with E-state index in [1.165, 1.54) is 63.7 Å². The topological polar surface area (TPSA) is 33.1 Å². The number of hydrogen-bond acceptors (Lipinski definition) is 3. The maximum atomic E-state index is 4.64. The lowest BCUT2D eigenvalue weighted by Crippen LogP contribution is -2.40. The number of likely N-dealkylation sites (tertiary alicyclic amines) is 1. The molecule has 1 aliphatic carbocycles. The lowest BCUT2D eigenvalue weighted by molar-refractivity contribution is 0.131. The summed E-state index contributed by atoms with van der Waals surface area (Å²) in [5, 5.41) is 3.60. The SMILES string of the molecule is Cc1nc(CNCCC2CCN(C3CCCC3)CC2)n(C)c1C. The van der Waals surface area contributed by atoms with Gasteiger partial charge in [0.05, 0.1) is 12.2 Å². The maximum absolute atomic E-state index is 4.64. The second kappa shape index (κ2) is 7.80. The molecule has 2 heterocycles. The van der Waals surface area contributed by atoms with E-state index in [0.29, 0.717) is 0 Å². The Bertz CT molecular complexity index is 494. The van der Waals surface area contributed by atoms with E-state index in [0.717, 1.165) is 36.6 Å². The van der Waals surface area contributed by atoms with Crippen LogP contribution in [0.25, 0.3) is 0 Å². The third kappa shape index (κ3) is 4.16. The van der Waals surface area contributed by atoms with Crippen molar-refractivity contribution >= 4 is 0 Å². The van der Waals surface area contributed by atoms with E-state index in [2.05, 4.69) is 40.7 Å². The van der Waals surface area contributed by atoms with Crippen LogP contribution in [0, 0.1) is 19.8 Å². The van der Waals surface area contributed by atoms with Crippen LogP contribution >= 0.6 is 0 Å². The van der Waals surface area contributed by atoms with E-state index in [-0.39, 0.29) is 0 Å². The summed E-state index contributed by atoms with van der Waals surface area (Å²) in [6.45, 7) is 8.94. The van der Waals surface area contributed by atoms with Gasteiger partial charge in [-0.3, -0.25) is 0 Å². The molecule has 4 nitrogen and oxygen atoms in total. The first-order chi connectivity index (χ1) is 11.1. The quantitative estimate of drug-likeness (QED) is 0.818. The number of nitrogens with zero attached hydrogens (tertiary/aromatic N) is 3. The van der Waals surface area contributed by atoms with Crippen molar-refractivity contribution in [1.29, 1.82) is 0 Å². The molecule has 0 unspecified atom stereocenters. The Morgan fingerprint density at radius 1 is 1.09 bits per heavy atom. The Balaban J connectivity index is 1.33. The monoisotopic (exact) mass is 318 g/mol. The Morgan fingerprint density at radius 3 is 2.39 bits per heavy atom. The minimum Gasteiger partial charge on any atom is -0.334 e. The molecule has 4 heteroatoms. The third-order valence-electron chi connectivity index (χ3n) is 6.21. The summed E-state index contributed by atoms with van der Waals surface area (Å²) in [6, 6.07) is 0.920. The zero-order valence-corrected chi connectivity index (χ0v) is 15.3. The number of nitrogens with one attached hydrogen (secondary N) is 1. The number of aromatic nitrogens is 2. The minimum absolute atomic E-state index is 0.895. The summed E-state index contributed by atoms with van der Waals surface area (Å²) in [7, 11) is 2.12. The molecule has 0 spiro atoms. The highest BCUT2D eigenvalue weighted by atomic mass is 15.2. The first-order valence-electron chi connectivity index (χ1n) is 9.58. The molecule has 0 radical (unpaired) electrons. The highest BCUT2D eigenvalue weighted by molar-refractivity contribution is 5.13. The van der Waals surface area contributed by atoms with Crippen LogP contribution in [-0.2, 0) is 13.6 Å². The van der Waals surface area contributed by atoms with E-state index in [1.807, 2.05) is 0 Å². The average Bonchev–Trinajstić information content (AvgIpc) is 3.18. The van der Waals surface area contributed by atoms with Gasteiger partial charge >= 0.3 is 0 Å². The lowest BCUT2D eigenvalue weighted by Gasteiger charge is -2.36. The molecule has 0 bridgehead atoms. The molecule has 1 N–H and O–H groups in total. The van der Waals surface area contributed by atoms with Crippen LogP contribution in [0.2, 0.25) is 0 Å². The van der Waals surface area contributed by atoms with Gasteiger partial charge < -0.3 is 14.8 Å². The first-order valence-corrected chi connectivity index (χ1v) is 9.58. The van der Waals surface area contributed by atoms with Crippen molar-refractivity contribution in [2.24, 2.45) is 13.0 Å². The normalized spacial score (nSPS) is 21.3. The molecule has 2 fully saturated rings. The van der Waals surface area contributed by atoms with E-state index in [4.69, 9.17) is 0 Å². The van der Waals surface area contributed by atoms with Crippen LogP contribution in [-0.4, -0.2) is 40.1 Å². The summed E-state index contributed by atoms with van der Waals surface area (Å²) in [5.74, 6) is 2.08. The molecule has 2 aliphatic rings. The molecular weight excluding hydrogens is 284 g/mol. The molecule has 0 amide bonds. The van der Waals surface area contributed by atoms with Crippen molar-refractivity contribution in [2.75, 3.05) is 19.6 Å². The molecular formula is C19H34N4. The lowest BCUT2D eigenvalue weighted by atomic mass is 9.92. The highest BCUT2D eigenvalue weighted by Gasteiger charge is 2.26. The van der Waals surface area contributed by atoms with Crippen molar-refractivity contribution in [3.8, 4) is 0 Å². The summed E-state index contributed by atoms with van der Waals surface area (Å²) >= 11 is 0. The molecule has 0 aromatic carbocycles. The Morgan fingerprint density at radius 2 is 1.78 bits per heavy atom. The summed E-state index contributed by atoms with van der Waals surface area (Å²) in [6.07, 6.45) is 9.95. The Labute approximate surface area is 141 Å². The van der Waals surface area contributed by atoms with Crippen LogP contribution in [0.5, 0.6) is 0 Å². The van der Waals surface area contributed by atoms with Crippen LogP contribution in [0.1, 0.15) is 62.2 Å². The van der Waals surface area contributed by atoms with E-state index >= 15 is 0 Å². The standard InChI is InChI=1S/C19H34N4/c1-15-16(2)22(3)19(21-15)14-20-11-8-17-9-12-23(13-10-17)18-6-4-5-7-18/h17-18,20H,4-14H2,1-3H3. The van der Waals surface area contributed by atoms with Gasteiger partial charge in [-0.2, -0.15) is 0 Å². The molecule has 3 rings (SSSR count). The van der Waals surface area contributed by atoms with Gasteiger partial charge in [-0.1, -0.05) is 12.8 Å². The van der Waals surface area contributed by atoms with Gasteiger partial charge in [0.25, 0.3) is 0 Å². The van der Waals surface area contributed by atoms with Crippen molar-refractivity contribution in [1.82, 2.24) is 19.8 Å². The second-order valence-electron chi connectivity index (χ2n) is 7.64. The van der Waals surface area contributed by atoms with Gasteiger partial charge in [-0.15, -0.1) is 0 Å². The molecule has 23 heavy (non-hydrogen) atoms. The first kappa shape index (κ1) is 17.0. The fourth-order valence-corrected chi connectivity index (χ4v) is 4.33. The summed E-state index contributed by atoms with van der Waals surface area (Å²) in [4.78, 5) is 7.42. The smallest absolute Gasteiger partial charge is 0.122 e. The van der Waals surface area contributed by atoms with Crippen LogP contribution in [0.15, 0.2) is 0 Å². The average molecular weight is 319 g/mol. The molecule has 1 saturated heterocycles. The zero-order chi connectivity index (χ0) is 16.2. The molecule has 1 aromatic rings. The number of piperidine rings is 1. The van der Waals surface area contributed by atoms with E-state index < -0.39 is 0 Å². The maximum Gasteiger partial charge on any atom is 0.122 e. The van der Waals surface area contributed by atoms with Gasteiger partial charge in [-0.25, -0.2) is 4.98 Å². The summed E-state index contributed by atoms with van der Waals surface area (Å²) < 4.78 is 2.21. The van der Waals surface area contributed by atoms with E-state index in [1.54, 1.807) is 0 Å². The van der Waals surface area contributed by atoms with Crippen LogP contribution in [0.4, 0.5) is 0 Å². The number of hydrogen-bond donors (Lipinski definition) is 1. The predicted octanol–water partition coefficient (Wildman–Crippen LogP) is 3.17. The fourth-order valence-electron chi connectivity index (χ4n) is 4.33. The number of rotatable bonds is 6. The third-order valence-corrected chi connectivity index (χ3v) is 6.21. The fraction of sp³-hybridized carbons (Fsp3) is 0.842. The van der Waals surface area contributed by atoms with Gasteiger partial charge in [0.1, 0.15) is 5.82 Å². The zero-order valence-electron chi connectivity index (χ0n) is 15.3. The van der Waals surface area contributed by atoms with Crippen LogP contribution < -0.4 is 5.32 Å². The van der Waals surface area contributed by atoms with Gasteiger partial charge in [0.2, 0.25) is 0 Å². The Hall–Kier alpha value is -0.870. The van der Waals surface area contributed by atoms with Gasteiger partial charge in [0.15, 0.2) is 0 Å².